The molecule has 0 radical (unpaired) electrons. The summed E-state index contributed by atoms with van der Waals surface area (Å²) in [7, 11) is 0. The molecule has 3 heteroatoms. The summed E-state index contributed by atoms with van der Waals surface area (Å²) in [6.45, 7) is 4.91. The van der Waals surface area contributed by atoms with Crippen LogP contribution in [0.2, 0.25) is 0 Å². The smallest absolute Gasteiger partial charge is 0.309 e. The quantitative estimate of drug-likeness (QED) is 0.844. The van der Waals surface area contributed by atoms with Gasteiger partial charge in [-0.25, -0.2) is 0 Å². The van der Waals surface area contributed by atoms with Crippen molar-refractivity contribution in [1.82, 2.24) is 5.32 Å². The first kappa shape index (κ1) is 18.7. The second kappa shape index (κ2) is 11.6. The molecular formula is C17H21NOPd+2. The number of benzene rings is 2. The summed E-state index contributed by atoms with van der Waals surface area (Å²) in [4.78, 5) is 9.44. The summed E-state index contributed by atoms with van der Waals surface area (Å²) in [5, 5.41) is 3.42. The van der Waals surface area contributed by atoms with Gasteiger partial charge < -0.3 is 10.1 Å². The van der Waals surface area contributed by atoms with Crippen molar-refractivity contribution in [2.45, 2.75) is 26.9 Å². The van der Waals surface area contributed by atoms with Crippen molar-refractivity contribution < 1.29 is 25.2 Å². The number of hydrogen-bond donors (Lipinski definition) is 1. The van der Waals surface area contributed by atoms with Crippen molar-refractivity contribution in [2.75, 3.05) is 0 Å². The van der Waals surface area contributed by atoms with Crippen LogP contribution < -0.4 is 5.32 Å². The maximum absolute atomic E-state index is 9.44. The average molecular weight is 362 g/mol. The number of rotatable bonds is 4. The van der Waals surface area contributed by atoms with Crippen LogP contribution in [0.3, 0.4) is 0 Å². The molecule has 0 aliphatic heterocycles. The third kappa shape index (κ3) is 9.63. The van der Waals surface area contributed by atoms with Gasteiger partial charge in [0.1, 0.15) is 5.78 Å². The number of carbonyl (C=O) groups is 1. The Kier molecular flexibility index (Phi) is 10.8. The Morgan fingerprint density at radius 1 is 0.800 bits per heavy atom. The zero-order chi connectivity index (χ0) is 13.9. The van der Waals surface area contributed by atoms with Crippen molar-refractivity contribution >= 4 is 5.78 Å². The molecular weight excluding hydrogens is 341 g/mol. The van der Waals surface area contributed by atoms with Gasteiger partial charge in [-0.15, -0.1) is 0 Å². The molecule has 0 spiro atoms. The molecule has 1 N–H and O–H groups in total. The topological polar surface area (TPSA) is 29.1 Å². The van der Waals surface area contributed by atoms with E-state index < -0.39 is 0 Å². The van der Waals surface area contributed by atoms with E-state index in [1.165, 1.54) is 25.0 Å². The summed E-state index contributed by atoms with van der Waals surface area (Å²) >= 11 is 0. The van der Waals surface area contributed by atoms with Gasteiger partial charge in [0.15, 0.2) is 0 Å². The minimum absolute atomic E-state index is 0. The molecule has 2 aromatic carbocycles. The Hall–Kier alpha value is -1.27. The van der Waals surface area contributed by atoms with Crippen molar-refractivity contribution in [3.05, 3.63) is 71.8 Å². The second-order valence-electron chi connectivity index (χ2n) is 4.48. The Labute approximate surface area is 135 Å². The fourth-order valence-electron chi connectivity index (χ4n) is 1.54. The van der Waals surface area contributed by atoms with Crippen molar-refractivity contribution in [3.8, 4) is 0 Å². The van der Waals surface area contributed by atoms with Crippen LogP contribution in [0.5, 0.6) is 0 Å². The summed E-state index contributed by atoms with van der Waals surface area (Å²) in [6.07, 6.45) is 0. The van der Waals surface area contributed by atoms with Crippen LogP contribution in [0.15, 0.2) is 60.7 Å². The largest absolute Gasteiger partial charge is 2.00 e. The molecule has 2 aromatic rings. The second-order valence-corrected chi connectivity index (χ2v) is 4.48. The van der Waals surface area contributed by atoms with Gasteiger partial charge in [-0.3, -0.25) is 0 Å². The van der Waals surface area contributed by atoms with Gasteiger partial charge in [-0.05, 0) is 25.0 Å². The maximum Gasteiger partial charge on any atom is 2.00 e. The van der Waals surface area contributed by atoms with E-state index in [4.69, 9.17) is 0 Å². The third-order valence-electron chi connectivity index (χ3n) is 2.34. The molecule has 0 saturated heterocycles. The van der Waals surface area contributed by atoms with Crippen LogP contribution in [0.4, 0.5) is 0 Å². The number of ketones is 1. The Morgan fingerprint density at radius 2 is 1.10 bits per heavy atom. The zero-order valence-corrected chi connectivity index (χ0v) is 13.5. The van der Waals surface area contributed by atoms with E-state index in [1.807, 2.05) is 12.1 Å². The van der Waals surface area contributed by atoms with Gasteiger partial charge >= 0.3 is 20.4 Å². The minimum atomic E-state index is 0. The number of nitrogens with one attached hydrogen (secondary N) is 1. The molecule has 108 valence electrons. The van der Waals surface area contributed by atoms with Crippen LogP contribution in [0.1, 0.15) is 25.0 Å². The van der Waals surface area contributed by atoms with E-state index in [9.17, 15) is 4.79 Å². The van der Waals surface area contributed by atoms with Crippen molar-refractivity contribution in [1.29, 1.82) is 0 Å². The number of Topliss-reactive ketones (excluding diaryl/α,β-unsaturated/α-hetero) is 1. The molecule has 0 heterocycles. The molecule has 0 fully saturated rings. The van der Waals surface area contributed by atoms with E-state index in [0.717, 1.165) is 13.1 Å². The molecule has 0 unspecified atom stereocenters. The first-order chi connectivity index (χ1) is 9.18. The van der Waals surface area contributed by atoms with Crippen LogP contribution in [-0.2, 0) is 38.3 Å². The Morgan fingerprint density at radius 3 is 1.40 bits per heavy atom. The van der Waals surface area contributed by atoms with E-state index in [-0.39, 0.29) is 26.2 Å². The normalized spacial score (nSPS) is 8.90. The standard InChI is InChI=1S/C14H15N.C3H6O.Pd/c1-3-7-13(8-4-1)11-15-12-14-9-5-2-6-10-14;1-3(2)4;/h1-10,15H,11-12H2;1-2H3;/q;;+2. The van der Waals surface area contributed by atoms with E-state index in [1.54, 1.807) is 0 Å². The molecule has 2 rings (SSSR count). The molecule has 20 heavy (non-hydrogen) atoms. The van der Waals surface area contributed by atoms with E-state index >= 15 is 0 Å². The van der Waals surface area contributed by atoms with Crippen LogP contribution in [0, 0.1) is 0 Å². The Bertz CT molecular complexity index is 427. The molecule has 0 atom stereocenters. The summed E-state index contributed by atoms with van der Waals surface area (Å²) < 4.78 is 0. The fourth-order valence-corrected chi connectivity index (χ4v) is 1.54. The van der Waals surface area contributed by atoms with Gasteiger partial charge in [0, 0.05) is 13.1 Å². The van der Waals surface area contributed by atoms with Gasteiger partial charge in [-0.2, -0.15) is 0 Å². The summed E-state index contributed by atoms with van der Waals surface area (Å²) in [5.41, 5.74) is 2.65. The molecule has 0 aliphatic carbocycles. The predicted molar refractivity (Wildman–Crippen MR) is 79.8 cm³/mol. The van der Waals surface area contributed by atoms with Crippen LogP contribution in [-0.4, -0.2) is 5.78 Å². The van der Waals surface area contributed by atoms with Crippen molar-refractivity contribution in [2.24, 2.45) is 0 Å². The van der Waals surface area contributed by atoms with Gasteiger partial charge in [0.2, 0.25) is 0 Å². The summed E-state index contributed by atoms with van der Waals surface area (Å²) in [6, 6.07) is 20.9. The van der Waals surface area contributed by atoms with Gasteiger partial charge in [-0.1, -0.05) is 60.7 Å². The van der Waals surface area contributed by atoms with Gasteiger partial charge in [0.05, 0.1) is 0 Å². The Balaban J connectivity index is 0.000000644. The first-order valence-corrected chi connectivity index (χ1v) is 6.44. The number of carbonyl (C=O) groups excluding carboxylic acids is 1. The fraction of sp³-hybridized carbons (Fsp3) is 0.235. The predicted octanol–water partition coefficient (Wildman–Crippen LogP) is 3.57. The van der Waals surface area contributed by atoms with Crippen LogP contribution in [0.25, 0.3) is 0 Å². The zero-order valence-electron chi connectivity index (χ0n) is 11.9. The monoisotopic (exact) mass is 361 g/mol. The summed E-state index contributed by atoms with van der Waals surface area (Å²) in [5.74, 6) is 0.167. The van der Waals surface area contributed by atoms with Crippen molar-refractivity contribution in [3.63, 3.8) is 0 Å². The molecule has 0 aliphatic rings. The molecule has 0 bridgehead atoms. The first-order valence-electron chi connectivity index (χ1n) is 6.44. The number of hydrogen-bond acceptors (Lipinski definition) is 2. The third-order valence-corrected chi connectivity index (χ3v) is 2.34. The van der Waals surface area contributed by atoms with Crippen LogP contribution >= 0.6 is 0 Å². The molecule has 0 amide bonds. The molecule has 0 saturated carbocycles. The SMILES string of the molecule is CC(C)=O.[Pd+2].c1ccc(CNCc2ccccc2)cc1. The van der Waals surface area contributed by atoms with Gasteiger partial charge in [0.25, 0.3) is 0 Å². The van der Waals surface area contributed by atoms with E-state index in [2.05, 4.69) is 53.8 Å². The average Bonchev–Trinajstić information content (AvgIpc) is 2.41. The van der Waals surface area contributed by atoms with E-state index in [0.29, 0.717) is 0 Å². The molecule has 2 nitrogen and oxygen atoms in total. The molecule has 0 aromatic heterocycles. The minimum Gasteiger partial charge on any atom is -0.309 e. The maximum atomic E-state index is 9.44.